The van der Waals surface area contributed by atoms with E-state index in [1.165, 1.54) is 14.0 Å². The molecule has 0 bridgehead atoms. The van der Waals surface area contributed by atoms with Crippen LogP contribution in [0.15, 0.2) is 29.6 Å². The summed E-state index contributed by atoms with van der Waals surface area (Å²) in [4.78, 5) is 11.5. The third-order valence-electron chi connectivity index (χ3n) is 4.88. The fourth-order valence-electron chi connectivity index (χ4n) is 3.26. The van der Waals surface area contributed by atoms with Crippen LogP contribution >= 0.6 is 0 Å². The van der Waals surface area contributed by atoms with Crippen molar-refractivity contribution in [2.45, 2.75) is 24.3 Å². The van der Waals surface area contributed by atoms with Crippen molar-refractivity contribution < 1.29 is 39.2 Å². The smallest absolute Gasteiger partial charge is 0.310 e. The first kappa shape index (κ1) is 22.9. The lowest BCUT2D eigenvalue weighted by atomic mass is 10.2. The summed E-state index contributed by atoms with van der Waals surface area (Å²) in [6.45, 7) is 1.22. The summed E-state index contributed by atoms with van der Waals surface area (Å²) in [7, 11) is -3.01. The molecule has 0 saturated heterocycles. The molecule has 33 heavy (non-hydrogen) atoms. The Bertz CT molecular complexity index is 1520. The number of nitrogens with zero attached hydrogens (tertiary/aromatic N) is 5. The molecule has 4 aromatic rings. The predicted molar refractivity (Wildman–Crippen MR) is 100 cm³/mol. The normalized spacial score (nSPS) is 13.4. The molecule has 0 aliphatic rings. The van der Waals surface area contributed by atoms with E-state index in [0.29, 0.717) is 22.9 Å². The first-order valence-electron chi connectivity index (χ1n) is 9.06. The predicted octanol–water partition coefficient (Wildman–Crippen LogP) is 4.25. The highest BCUT2D eigenvalue weighted by molar-refractivity contribution is 7.91. The number of imidazole rings is 2. The van der Waals surface area contributed by atoms with Gasteiger partial charge in [0.15, 0.2) is 37.8 Å². The number of hydrogen-bond donors (Lipinski definition) is 0. The molecule has 7 nitrogen and oxygen atoms in total. The number of hydrogen-bond acceptors (Lipinski definition) is 5. The number of pyridine rings is 2. The molecule has 4 rings (SSSR count). The van der Waals surface area contributed by atoms with Gasteiger partial charge in [0, 0.05) is 19.4 Å². The number of aryl methyl sites for hydroxylation is 1. The minimum absolute atomic E-state index is 0.0774. The maximum absolute atomic E-state index is 14.5. The Balaban J connectivity index is 2.09. The highest BCUT2D eigenvalue weighted by atomic mass is 32.2. The summed E-state index contributed by atoms with van der Waals surface area (Å²) in [5, 5.41) is -0.778. The largest absolute Gasteiger partial charge is 0.417 e. The van der Waals surface area contributed by atoms with Crippen LogP contribution in [0.5, 0.6) is 0 Å². The summed E-state index contributed by atoms with van der Waals surface area (Å²) >= 11 is 0. The van der Waals surface area contributed by atoms with Crippen LogP contribution in [0.25, 0.3) is 28.3 Å². The minimum atomic E-state index is -4.98. The quantitative estimate of drug-likeness (QED) is 0.397. The number of rotatable bonds is 3. The summed E-state index contributed by atoms with van der Waals surface area (Å²) in [5.74, 6) is -2.34. The molecule has 0 amide bonds. The van der Waals surface area contributed by atoms with Crippen LogP contribution in [0.4, 0.5) is 30.7 Å². The Hall–Kier alpha value is -3.23. The van der Waals surface area contributed by atoms with Crippen LogP contribution in [0, 0.1) is 5.82 Å². The standard InChI is InChI=1S/C18H12F7N5O2S/c1-3-33(31,32)16-12(28-13-10(19)4-9(7-30(13)16)18(23,24)25)15-27-11-5-8(17(20,21)22)6-26-14(11)29(15)2/h4-7H,3H2,1-2H3. The molecule has 0 spiro atoms. The molecule has 0 aliphatic heterocycles. The van der Waals surface area contributed by atoms with Crippen LogP contribution < -0.4 is 0 Å². The van der Waals surface area contributed by atoms with Gasteiger partial charge in [0.2, 0.25) is 0 Å². The minimum Gasteiger partial charge on any atom is -0.310 e. The number of sulfone groups is 1. The van der Waals surface area contributed by atoms with E-state index in [0.717, 1.165) is 4.57 Å². The van der Waals surface area contributed by atoms with E-state index in [-0.39, 0.29) is 23.1 Å². The fraction of sp³-hybridized carbons (Fsp3) is 0.278. The first-order valence-corrected chi connectivity index (χ1v) is 10.7. The molecule has 0 atom stereocenters. The molecular formula is C18H12F7N5O2S. The number of halogens is 7. The van der Waals surface area contributed by atoms with Crippen molar-refractivity contribution in [3.05, 3.63) is 41.5 Å². The van der Waals surface area contributed by atoms with Crippen LogP contribution in [0.1, 0.15) is 18.1 Å². The van der Waals surface area contributed by atoms with Crippen molar-refractivity contribution in [3.63, 3.8) is 0 Å². The van der Waals surface area contributed by atoms with Gasteiger partial charge in [-0.3, -0.25) is 4.40 Å². The Morgan fingerprint density at radius 2 is 1.61 bits per heavy atom. The zero-order chi connectivity index (χ0) is 24.5. The van der Waals surface area contributed by atoms with Crippen LogP contribution in [-0.4, -0.2) is 38.1 Å². The van der Waals surface area contributed by atoms with Crippen LogP contribution in [0.3, 0.4) is 0 Å². The van der Waals surface area contributed by atoms with E-state index in [2.05, 4.69) is 15.0 Å². The van der Waals surface area contributed by atoms with Crippen LogP contribution in [0.2, 0.25) is 0 Å². The molecule has 0 N–H and O–H groups in total. The van der Waals surface area contributed by atoms with Gasteiger partial charge in [-0.2, -0.15) is 26.3 Å². The van der Waals surface area contributed by atoms with Gasteiger partial charge in [0.05, 0.1) is 16.9 Å². The molecule has 4 aromatic heterocycles. The van der Waals surface area contributed by atoms with Crippen molar-refractivity contribution in [1.29, 1.82) is 0 Å². The van der Waals surface area contributed by atoms with E-state index in [9.17, 15) is 39.2 Å². The lowest BCUT2D eigenvalue weighted by molar-refractivity contribution is -0.138. The third kappa shape index (κ3) is 3.69. The summed E-state index contributed by atoms with van der Waals surface area (Å²) in [5.41, 5.74) is -4.16. The Kier molecular flexibility index (Phi) is 4.96. The van der Waals surface area contributed by atoms with Crippen molar-refractivity contribution in [1.82, 2.24) is 23.9 Å². The fourth-order valence-corrected chi connectivity index (χ4v) is 4.40. The van der Waals surface area contributed by atoms with Gasteiger partial charge in [0.1, 0.15) is 11.2 Å². The van der Waals surface area contributed by atoms with Gasteiger partial charge in [-0.05, 0) is 12.1 Å². The SMILES string of the molecule is CCS(=O)(=O)c1c(-c2nc3cc(C(F)(F)F)cnc3n2C)nc2c(F)cc(C(F)(F)F)cn12. The molecule has 0 aliphatic carbocycles. The van der Waals surface area contributed by atoms with E-state index in [1.54, 1.807) is 0 Å². The Morgan fingerprint density at radius 3 is 2.18 bits per heavy atom. The van der Waals surface area contributed by atoms with Gasteiger partial charge in [-0.25, -0.2) is 27.8 Å². The van der Waals surface area contributed by atoms with Crippen molar-refractivity contribution >= 4 is 26.6 Å². The second kappa shape index (κ2) is 7.13. The van der Waals surface area contributed by atoms with E-state index in [1.807, 2.05) is 0 Å². The average molecular weight is 495 g/mol. The molecule has 0 unspecified atom stereocenters. The second-order valence-corrected chi connectivity index (χ2v) is 9.19. The van der Waals surface area contributed by atoms with Crippen LogP contribution in [-0.2, 0) is 29.2 Å². The summed E-state index contributed by atoms with van der Waals surface area (Å²) < 4.78 is 120. The molecule has 4 heterocycles. The lowest BCUT2D eigenvalue weighted by Gasteiger charge is -2.09. The zero-order valence-corrected chi connectivity index (χ0v) is 17.4. The van der Waals surface area contributed by atoms with Gasteiger partial charge in [0.25, 0.3) is 0 Å². The highest BCUT2D eigenvalue weighted by Gasteiger charge is 2.36. The summed E-state index contributed by atoms with van der Waals surface area (Å²) in [6, 6.07) is 0.846. The molecular weight excluding hydrogens is 483 g/mol. The highest BCUT2D eigenvalue weighted by Crippen LogP contribution is 2.36. The Morgan fingerprint density at radius 1 is 0.970 bits per heavy atom. The van der Waals surface area contributed by atoms with Gasteiger partial charge in [-0.1, -0.05) is 6.92 Å². The van der Waals surface area contributed by atoms with E-state index >= 15 is 0 Å². The van der Waals surface area contributed by atoms with Gasteiger partial charge >= 0.3 is 12.4 Å². The number of fused-ring (bicyclic) bond motifs is 2. The molecule has 176 valence electrons. The first-order chi connectivity index (χ1) is 15.1. The zero-order valence-electron chi connectivity index (χ0n) is 16.6. The topological polar surface area (TPSA) is 82.1 Å². The molecule has 0 saturated carbocycles. The lowest BCUT2D eigenvalue weighted by Crippen LogP contribution is -2.12. The van der Waals surface area contributed by atoms with Crippen molar-refractivity contribution in [2.75, 3.05) is 5.75 Å². The van der Waals surface area contributed by atoms with Gasteiger partial charge in [-0.15, -0.1) is 0 Å². The maximum atomic E-state index is 14.5. The molecule has 0 radical (unpaired) electrons. The average Bonchev–Trinajstić information content (AvgIpc) is 3.25. The van der Waals surface area contributed by atoms with Gasteiger partial charge < -0.3 is 4.57 Å². The molecule has 0 fully saturated rings. The maximum Gasteiger partial charge on any atom is 0.417 e. The van der Waals surface area contributed by atoms with E-state index in [4.69, 9.17) is 0 Å². The van der Waals surface area contributed by atoms with Crippen molar-refractivity contribution in [3.8, 4) is 11.5 Å². The van der Waals surface area contributed by atoms with E-state index < -0.39 is 61.3 Å². The monoisotopic (exact) mass is 495 g/mol. The molecule has 15 heteroatoms. The Labute approximate surface area is 180 Å². The third-order valence-corrected chi connectivity index (χ3v) is 6.62. The van der Waals surface area contributed by atoms with Crippen molar-refractivity contribution in [2.24, 2.45) is 7.05 Å². The number of aromatic nitrogens is 5. The second-order valence-electron chi connectivity index (χ2n) is 7.00. The number of alkyl halides is 6. The summed E-state index contributed by atoms with van der Waals surface area (Å²) in [6.07, 6.45) is -8.77. The molecule has 0 aromatic carbocycles.